The third-order valence-electron chi connectivity index (χ3n) is 5.80. The zero-order valence-electron chi connectivity index (χ0n) is 20.1. The number of hydrogen-bond donors (Lipinski definition) is 1. The number of aryl methyl sites for hydroxylation is 1. The van der Waals surface area contributed by atoms with Crippen LogP contribution in [0.1, 0.15) is 35.6 Å². The van der Waals surface area contributed by atoms with Gasteiger partial charge in [0.05, 0.1) is 0 Å². The van der Waals surface area contributed by atoms with Crippen molar-refractivity contribution in [2.24, 2.45) is 0 Å². The topological polar surface area (TPSA) is 49.4 Å². The van der Waals surface area contributed by atoms with Gasteiger partial charge in [-0.25, -0.2) is 0 Å². The molecule has 0 aliphatic rings. The highest BCUT2D eigenvalue weighted by Gasteiger charge is 2.30. The van der Waals surface area contributed by atoms with E-state index in [0.717, 1.165) is 22.4 Å². The predicted octanol–water partition coefficient (Wildman–Crippen LogP) is 5.39. The summed E-state index contributed by atoms with van der Waals surface area (Å²) in [5.41, 5.74) is 4.48. The van der Waals surface area contributed by atoms with Crippen molar-refractivity contribution in [3.63, 3.8) is 0 Å². The van der Waals surface area contributed by atoms with Gasteiger partial charge in [-0.1, -0.05) is 84.9 Å². The molecule has 5 heteroatoms. The fraction of sp³-hybridized carbons (Fsp3) is 0.310. The number of likely N-dealkylation sites (N-methyl/N-ethyl adjacent to an activating group) is 1. The van der Waals surface area contributed by atoms with Crippen LogP contribution in [-0.4, -0.2) is 35.1 Å². The Labute approximate surface area is 207 Å². The van der Waals surface area contributed by atoms with Crippen LogP contribution in [0.5, 0.6) is 0 Å². The van der Waals surface area contributed by atoms with Gasteiger partial charge < -0.3 is 10.2 Å². The molecule has 178 valence electrons. The van der Waals surface area contributed by atoms with E-state index < -0.39 is 6.04 Å². The Balaban J connectivity index is 1.78. The smallest absolute Gasteiger partial charge is 0.243 e. The molecule has 0 fully saturated rings. The highest BCUT2D eigenvalue weighted by molar-refractivity contribution is 7.98. The van der Waals surface area contributed by atoms with Crippen LogP contribution in [0.4, 0.5) is 0 Å². The number of carbonyl (C=O) groups is 2. The van der Waals surface area contributed by atoms with E-state index in [-0.39, 0.29) is 11.8 Å². The Hall–Kier alpha value is -3.05. The SMILES string of the molecule is CCNC(=O)[C@H](Cc1ccccc1)N(Cc1ccccc1C)C(=O)CCSCc1ccccc1. The molecular formula is C29H34N2O2S. The third-order valence-corrected chi connectivity index (χ3v) is 6.83. The second-order valence-electron chi connectivity index (χ2n) is 8.34. The Bertz CT molecular complexity index is 1040. The normalized spacial score (nSPS) is 11.6. The lowest BCUT2D eigenvalue weighted by Gasteiger charge is -2.32. The van der Waals surface area contributed by atoms with Gasteiger partial charge in [0.15, 0.2) is 0 Å². The first-order chi connectivity index (χ1) is 16.6. The fourth-order valence-corrected chi connectivity index (χ4v) is 4.78. The molecule has 0 radical (unpaired) electrons. The molecule has 2 amide bonds. The Morgan fingerprint density at radius 3 is 2.15 bits per heavy atom. The largest absolute Gasteiger partial charge is 0.355 e. The van der Waals surface area contributed by atoms with Crippen LogP contribution >= 0.6 is 11.8 Å². The van der Waals surface area contributed by atoms with E-state index in [1.807, 2.05) is 86.6 Å². The van der Waals surface area contributed by atoms with Crippen molar-refractivity contribution in [3.05, 3.63) is 107 Å². The van der Waals surface area contributed by atoms with Gasteiger partial charge in [-0.2, -0.15) is 11.8 Å². The number of thioether (sulfide) groups is 1. The molecule has 3 aromatic carbocycles. The first-order valence-electron chi connectivity index (χ1n) is 11.9. The summed E-state index contributed by atoms with van der Waals surface area (Å²) in [5.74, 6) is 1.49. The van der Waals surface area contributed by atoms with Crippen LogP contribution in [0.3, 0.4) is 0 Å². The lowest BCUT2D eigenvalue weighted by atomic mass is 10.0. The highest BCUT2D eigenvalue weighted by Crippen LogP contribution is 2.19. The van der Waals surface area contributed by atoms with Crippen molar-refractivity contribution in [2.75, 3.05) is 12.3 Å². The summed E-state index contributed by atoms with van der Waals surface area (Å²) in [7, 11) is 0. The van der Waals surface area contributed by atoms with E-state index in [2.05, 4.69) is 17.4 Å². The van der Waals surface area contributed by atoms with Crippen molar-refractivity contribution in [1.29, 1.82) is 0 Å². The Morgan fingerprint density at radius 2 is 1.50 bits per heavy atom. The van der Waals surface area contributed by atoms with Gasteiger partial charge in [0.2, 0.25) is 11.8 Å². The molecule has 0 aliphatic heterocycles. The molecule has 0 aliphatic carbocycles. The fourth-order valence-electron chi connectivity index (χ4n) is 3.88. The van der Waals surface area contributed by atoms with Gasteiger partial charge in [-0.05, 0) is 36.1 Å². The Kier molecular flexibility index (Phi) is 10.2. The minimum absolute atomic E-state index is 0.0102. The van der Waals surface area contributed by atoms with Gasteiger partial charge in [0.25, 0.3) is 0 Å². The summed E-state index contributed by atoms with van der Waals surface area (Å²) < 4.78 is 0. The van der Waals surface area contributed by atoms with E-state index >= 15 is 0 Å². The van der Waals surface area contributed by atoms with E-state index in [1.54, 1.807) is 16.7 Å². The van der Waals surface area contributed by atoms with E-state index in [0.29, 0.717) is 31.7 Å². The zero-order valence-corrected chi connectivity index (χ0v) is 20.9. The van der Waals surface area contributed by atoms with Crippen molar-refractivity contribution in [3.8, 4) is 0 Å². The van der Waals surface area contributed by atoms with Crippen LogP contribution in [0.15, 0.2) is 84.9 Å². The molecule has 3 rings (SSSR count). The van der Waals surface area contributed by atoms with Gasteiger partial charge in [-0.15, -0.1) is 0 Å². The first-order valence-corrected chi connectivity index (χ1v) is 13.0. The molecule has 0 heterocycles. The molecule has 0 saturated carbocycles. The maximum absolute atomic E-state index is 13.5. The average Bonchev–Trinajstić information content (AvgIpc) is 2.86. The van der Waals surface area contributed by atoms with Crippen LogP contribution < -0.4 is 5.32 Å². The lowest BCUT2D eigenvalue weighted by Crippen LogP contribution is -2.50. The van der Waals surface area contributed by atoms with Crippen molar-refractivity contribution in [1.82, 2.24) is 10.2 Å². The summed E-state index contributed by atoms with van der Waals surface area (Å²) in [5, 5.41) is 2.95. The molecule has 34 heavy (non-hydrogen) atoms. The maximum atomic E-state index is 13.5. The number of hydrogen-bond acceptors (Lipinski definition) is 3. The van der Waals surface area contributed by atoms with Gasteiger partial charge in [0.1, 0.15) is 6.04 Å². The van der Waals surface area contributed by atoms with E-state index in [1.165, 1.54) is 5.56 Å². The van der Waals surface area contributed by atoms with Crippen molar-refractivity contribution >= 4 is 23.6 Å². The number of amides is 2. The second-order valence-corrected chi connectivity index (χ2v) is 9.44. The predicted molar refractivity (Wildman–Crippen MR) is 142 cm³/mol. The van der Waals surface area contributed by atoms with Crippen LogP contribution in [0.2, 0.25) is 0 Å². The van der Waals surface area contributed by atoms with Gasteiger partial charge in [0, 0.05) is 37.4 Å². The van der Waals surface area contributed by atoms with Crippen molar-refractivity contribution in [2.45, 2.75) is 45.0 Å². The molecule has 1 N–H and O–H groups in total. The highest BCUT2D eigenvalue weighted by atomic mass is 32.2. The summed E-state index contributed by atoms with van der Waals surface area (Å²) in [6.07, 6.45) is 0.884. The lowest BCUT2D eigenvalue weighted by molar-refractivity contribution is -0.140. The van der Waals surface area contributed by atoms with Gasteiger partial charge in [-0.3, -0.25) is 9.59 Å². The first kappa shape index (κ1) is 25.6. The molecule has 0 saturated heterocycles. The number of carbonyl (C=O) groups excluding carboxylic acids is 2. The van der Waals surface area contributed by atoms with E-state index in [4.69, 9.17) is 0 Å². The second kappa shape index (κ2) is 13.6. The zero-order chi connectivity index (χ0) is 24.2. The molecule has 4 nitrogen and oxygen atoms in total. The molecule has 0 aromatic heterocycles. The maximum Gasteiger partial charge on any atom is 0.243 e. The standard InChI is InChI=1S/C29H34N2O2S/c1-3-30-29(33)27(20-24-13-6-4-7-14-24)31(21-26-17-11-10-12-23(26)2)28(32)18-19-34-22-25-15-8-5-9-16-25/h4-17,27H,3,18-22H2,1-2H3,(H,30,33)/t27-/m0/s1. The summed E-state index contributed by atoms with van der Waals surface area (Å²) in [6.45, 7) is 4.91. The summed E-state index contributed by atoms with van der Waals surface area (Å²) in [4.78, 5) is 28.5. The van der Waals surface area contributed by atoms with E-state index in [9.17, 15) is 9.59 Å². The van der Waals surface area contributed by atoms with Gasteiger partial charge >= 0.3 is 0 Å². The Morgan fingerprint density at radius 1 is 0.882 bits per heavy atom. The van der Waals surface area contributed by atoms with Crippen molar-refractivity contribution < 1.29 is 9.59 Å². The van der Waals surface area contributed by atoms with Crippen LogP contribution in [0.25, 0.3) is 0 Å². The quantitative estimate of drug-likeness (QED) is 0.358. The summed E-state index contributed by atoms with van der Waals surface area (Å²) >= 11 is 1.75. The molecule has 0 spiro atoms. The minimum atomic E-state index is -0.562. The molecular weight excluding hydrogens is 440 g/mol. The number of nitrogens with one attached hydrogen (secondary N) is 1. The number of benzene rings is 3. The minimum Gasteiger partial charge on any atom is -0.355 e. The number of rotatable bonds is 12. The molecule has 0 unspecified atom stereocenters. The molecule has 0 bridgehead atoms. The van der Waals surface area contributed by atoms with Crippen LogP contribution in [0, 0.1) is 6.92 Å². The molecule has 1 atom stereocenters. The monoisotopic (exact) mass is 474 g/mol. The third kappa shape index (κ3) is 7.77. The van der Waals surface area contributed by atoms with Crippen LogP contribution in [-0.2, 0) is 28.3 Å². The average molecular weight is 475 g/mol. The number of nitrogens with zero attached hydrogens (tertiary/aromatic N) is 1. The summed E-state index contributed by atoms with van der Waals surface area (Å²) in [6, 6.07) is 27.7. The molecule has 3 aromatic rings.